The van der Waals surface area contributed by atoms with E-state index >= 15 is 0 Å². The van der Waals surface area contributed by atoms with Gasteiger partial charge in [0.15, 0.2) is 0 Å². The summed E-state index contributed by atoms with van der Waals surface area (Å²) in [5.74, 6) is 0.933. The van der Waals surface area contributed by atoms with Crippen molar-refractivity contribution in [3.63, 3.8) is 0 Å². The first-order chi connectivity index (χ1) is 9.76. The third-order valence-electron chi connectivity index (χ3n) is 4.03. The second-order valence-electron chi connectivity index (χ2n) is 5.51. The molecule has 1 N–H and O–H groups in total. The van der Waals surface area contributed by atoms with Gasteiger partial charge in [0.05, 0.1) is 7.11 Å². The van der Waals surface area contributed by atoms with Gasteiger partial charge in [-0.15, -0.1) is 12.4 Å². The first kappa shape index (κ1) is 15.9. The van der Waals surface area contributed by atoms with Crippen molar-refractivity contribution in [3.05, 3.63) is 64.7 Å². The number of ether oxygens (including phenoxy) is 1. The Kier molecular flexibility index (Phi) is 5.27. The van der Waals surface area contributed by atoms with E-state index in [1.54, 1.807) is 7.11 Å². The summed E-state index contributed by atoms with van der Waals surface area (Å²) in [6, 6.07) is 15.6. The molecule has 112 valence electrons. The molecule has 1 aliphatic rings. The summed E-state index contributed by atoms with van der Waals surface area (Å²) >= 11 is 0. The second kappa shape index (κ2) is 6.97. The average molecular weight is 304 g/mol. The van der Waals surface area contributed by atoms with Gasteiger partial charge in [-0.25, -0.2) is 0 Å². The zero-order valence-electron chi connectivity index (χ0n) is 12.6. The molecule has 2 aromatic rings. The fourth-order valence-corrected chi connectivity index (χ4v) is 3.00. The van der Waals surface area contributed by atoms with Gasteiger partial charge in [0, 0.05) is 6.04 Å². The lowest BCUT2D eigenvalue weighted by Crippen LogP contribution is -2.31. The van der Waals surface area contributed by atoms with E-state index in [1.807, 2.05) is 6.07 Å². The zero-order chi connectivity index (χ0) is 13.9. The average Bonchev–Trinajstić information content (AvgIpc) is 2.47. The maximum absolute atomic E-state index is 5.31. The van der Waals surface area contributed by atoms with E-state index < -0.39 is 0 Å². The Morgan fingerprint density at radius 1 is 1.19 bits per heavy atom. The van der Waals surface area contributed by atoms with Crippen LogP contribution in [0.4, 0.5) is 0 Å². The Balaban J connectivity index is 0.00000161. The van der Waals surface area contributed by atoms with Crippen LogP contribution in [0.1, 0.15) is 28.3 Å². The number of fused-ring (bicyclic) bond motifs is 1. The largest absolute Gasteiger partial charge is 0.497 e. The molecule has 3 rings (SSSR count). The van der Waals surface area contributed by atoms with Crippen molar-refractivity contribution in [2.24, 2.45) is 0 Å². The van der Waals surface area contributed by atoms with Crippen molar-refractivity contribution in [1.82, 2.24) is 5.32 Å². The van der Waals surface area contributed by atoms with Crippen LogP contribution < -0.4 is 10.1 Å². The van der Waals surface area contributed by atoms with Crippen LogP contribution in [0.3, 0.4) is 0 Å². The number of aryl methyl sites for hydroxylation is 1. The Morgan fingerprint density at radius 3 is 2.86 bits per heavy atom. The minimum Gasteiger partial charge on any atom is -0.497 e. The molecule has 1 aliphatic heterocycles. The van der Waals surface area contributed by atoms with Gasteiger partial charge in [-0.05, 0) is 55.1 Å². The van der Waals surface area contributed by atoms with Crippen LogP contribution in [0.5, 0.6) is 5.75 Å². The third kappa shape index (κ3) is 3.58. The Morgan fingerprint density at radius 2 is 2.05 bits per heavy atom. The molecule has 0 bridgehead atoms. The van der Waals surface area contributed by atoms with Crippen molar-refractivity contribution in [1.29, 1.82) is 0 Å². The molecular formula is C18H22ClNO. The SMILES string of the molecule is COc1cccc(CC2NCCc3cc(C)ccc32)c1.Cl. The highest BCUT2D eigenvalue weighted by Gasteiger charge is 2.19. The second-order valence-corrected chi connectivity index (χ2v) is 5.51. The monoisotopic (exact) mass is 303 g/mol. The van der Waals surface area contributed by atoms with E-state index in [9.17, 15) is 0 Å². The fourth-order valence-electron chi connectivity index (χ4n) is 3.00. The highest BCUT2D eigenvalue weighted by molar-refractivity contribution is 5.85. The number of rotatable bonds is 3. The summed E-state index contributed by atoms with van der Waals surface area (Å²) in [6.45, 7) is 3.23. The number of hydrogen-bond acceptors (Lipinski definition) is 2. The quantitative estimate of drug-likeness (QED) is 0.930. The summed E-state index contributed by atoms with van der Waals surface area (Å²) in [7, 11) is 1.72. The smallest absolute Gasteiger partial charge is 0.119 e. The molecule has 3 heteroatoms. The maximum atomic E-state index is 5.31. The highest BCUT2D eigenvalue weighted by Crippen LogP contribution is 2.27. The number of nitrogens with one attached hydrogen (secondary N) is 1. The van der Waals surface area contributed by atoms with Gasteiger partial charge < -0.3 is 10.1 Å². The lowest BCUT2D eigenvalue weighted by atomic mass is 9.89. The third-order valence-corrected chi connectivity index (χ3v) is 4.03. The molecule has 2 aromatic carbocycles. The van der Waals surface area contributed by atoms with Crippen LogP contribution in [-0.2, 0) is 12.8 Å². The molecule has 1 atom stereocenters. The first-order valence-corrected chi connectivity index (χ1v) is 7.22. The molecule has 0 saturated carbocycles. The van der Waals surface area contributed by atoms with Crippen LogP contribution in [0.15, 0.2) is 42.5 Å². The van der Waals surface area contributed by atoms with Crippen LogP contribution in [0.2, 0.25) is 0 Å². The Labute approximate surface area is 132 Å². The Bertz CT molecular complexity index is 612. The van der Waals surface area contributed by atoms with Gasteiger partial charge in [0.1, 0.15) is 5.75 Å². The van der Waals surface area contributed by atoms with E-state index in [2.05, 4.69) is 48.6 Å². The lowest BCUT2D eigenvalue weighted by Gasteiger charge is -2.27. The zero-order valence-corrected chi connectivity index (χ0v) is 13.4. The lowest BCUT2D eigenvalue weighted by molar-refractivity contribution is 0.413. The minimum absolute atomic E-state index is 0. The number of benzene rings is 2. The van der Waals surface area contributed by atoms with Crippen molar-refractivity contribution in [2.45, 2.75) is 25.8 Å². The molecule has 0 fully saturated rings. The van der Waals surface area contributed by atoms with Gasteiger partial charge in [-0.3, -0.25) is 0 Å². The predicted molar refractivity (Wildman–Crippen MR) is 89.6 cm³/mol. The van der Waals surface area contributed by atoms with Crippen molar-refractivity contribution < 1.29 is 4.74 Å². The molecule has 1 heterocycles. The normalized spacial score (nSPS) is 16.8. The Hall–Kier alpha value is -1.51. The standard InChI is InChI=1S/C18H21NO.ClH/c1-13-6-7-17-15(10-13)8-9-19-18(17)12-14-4-3-5-16(11-14)20-2;/h3-7,10-11,18-19H,8-9,12H2,1-2H3;1H. The van der Waals surface area contributed by atoms with Crippen molar-refractivity contribution in [2.75, 3.05) is 13.7 Å². The van der Waals surface area contributed by atoms with E-state index in [0.29, 0.717) is 6.04 Å². The molecular weight excluding hydrogens is 282 g/mol. The summed E-state index contributed by atoms with van der Waals surface area (Å²) < 4.78 is 5.31. The molecule has 0 spiro atoms. The van der Waals surface area contributed by atoms with Crippen molar-refractivity contribution >= 4 is 12.4 Å². The number of hydrogen-bond donors (Lipinski definition) is 1. The van der Waals surface area contributed by atoms with Crippen LogP contribution in [-0.4, -0.2) is 13.7 Å². The van der Waals surface area contributed by atoms with Crippen molar-refractivity contribution in [3.8, 4) is 5.75 Å². The van der Waals surface area contributed by atoms with Gasteiger partial charge in [-0.2, -0.15) is 0 Å². The van der Waals surface area contributed by atoms with E-state index in [-0.39, 0.29) is 12.4 Å². The summed E-state index contributed by atoms with van der Waals surface area (Å²) in [5, 5.41) is 3.64. The van der Waals surface area contributed by atoms with Gasteiger partial charge in [-0.1, -0.05) is 35.9 Å². The molecule has 0 radical (unpaired) electrons. The fraction of sp³-hybridized carbons (Fsp3) is 0.333. The van der Waals surface area contributed by atoms with Gasteiger partial charge in [0.2, 0.25) is 0 Å². The summed E-state index contributed by atoms with van der Waals surface area (Å²) in [6.07, 6.45) is 2.14. The summed E-state index contributed by atoms with van der Waals surface area (Å²) in [4.78, 5) is 0. The minimum atomic E-state index is 0. The van der Waals surface area contributed by atoms with Gasteiger partial charge in [0.25, 0.3) is 0 Å². The molecule has 0 saturated heterocycles. The van der Waals surface area contributed by atoms with E-state index in [0.717, 1.165) is 25.1 Å². The molecule has 0 aliphatic carbocycles. The molecule has 2 nitrogen and oxygen atoms in total. The van der Waals surface area contributed by atoms with E-state index in [4.69, 9.17) is 4.74 Å². The summed E-state index contributed by atoms with van der Waals surface area (Å²) in [5.41, 5.74) is 5.61. The predicted octanol–water partition coefficient (Wildman–Crippen LogP) is 3.85. The number of methoxy groups -OCH3 is 1. The maximum Gasteiger partial charge on any atom is 0.119 e. The molecule has 21 heavy (non-hydrogen) atoms. The van der Waals surface area contributed by atoms with E-state index in [1.165, 1.54) is 22.3 Å². The van der Waals surface area contributed by atoms with Crippen LogP contribution in [0, 0.1) is 6.92 Å². The van der Waals surface area contributed by atoms with Crippen LogP contribution in [0.25, 0.3) is 0 Å². The first-order valence-electron chi connectivity index (χ1n) is 7.22. The molecule has 0 amide bonds. The molecule has 1 unspecified atom stereocenters. The highest BCUT2D eigenvalue weighted by atomic mass is 35.5. The number of halogens is 1. The molecule has 0 aromatic heterocycles. The van der Waals surface area contributed by atoms with Gasteiger partial charge >= 0.3 is 0 Å². The topological polar surface area (TPSA) is 21.3 Å². The van der Waals surface area contributed by atoms with Crippen LogP contribution >= 0.6 is 12.4 Å².